The van der Waals surface area contributed by atoms with E-state index in [4.69, 9.17) is 4.42 Å². The van der Waals surface area contributed by atoms with Crippen LogP contribution in [0.3, 0.4) is 0 Å². The Morgan fingerprint density at radius 3 is 3.20 bits per heavy atom. The summed E-state index contributed by atoms with van der Waals surface area (Å²) in [5, 5.41) is 0. The number of halogens is 1. The number of likely N-dealkylation sites (tertiary alicyclic amines) is 1. The Balaban J connectivity index is 1.55. The van der Waals surface area contributed by atoms with Crippen molar-refractivity contribution in [2.75, 3.05) is 13.7 Å². The molecule has 0 unspecified atom stereocenters. The number of hydrogen-bond acceptors (Lipinski definition) is 6. The molecule has 1 N–H and O–H groups in total. The van der Waals surface area contributed by atoms with Gasteiger partial charge >= 0.3 is 5.97 Å². The first kappa shape index (κ1) is 15.8. The van der Waals surface area contributed by atoms with Crippen LogP contribution in [0.25, 0.3) is 11.0 Å². The van der Waals surface area contributed by atoms with Crippen LogP contribution in [0.2, 0.25) is 0 Å². The number of methoxy groups -OCH3 is 1. The number of fused-ring (bicyclic) bond motifs is 1. The third-order valence-electron chi connectivity index (χ3n) is 4.43. The van der Waals surface area contributed by atoms with Gasteiger partial charge in [-0.3, -0.25) is 4.90 Å². The first-order valence-electron chi connectivity index (χ1n) is 8.06. The van der Waals surface area contributed by atoms with Crippen molar-refractivity contribution in [1.82, 2.24) is 19.9 Å². The largest absolute Gasteiger partial charge is 0.464 e. The molecule has 1 saturated heterocycles. The average molecular weight is 344 g/mol. The van der Waals surface area contributed by atoms with E-state index in [1.165, 1.54) is 25.5 Å². The molecule has 3 aromatic rings. The van der Waals surface area contributed by atoms with Crippen LogP contribution < -0.4 is 0 Å². The van der Waals surface area contributed by atoms with Gasteiger partial charge in [0.25, 0.3) is 0 Å². The molecule has 0 bridgehead atoms. The number of carbonyl (C=O) groups excluding carboxylic acids is 1. The predicted molar refractivity (Wildman–Crippen MR) is 86.3 cm³/mol. The van der Waals surface area contributed by atoms with Crippen LogP contribution in [-0.2, 0) is 11.3 Å². The molecule has 2 aromatic heterocycles. The van der Waals surface area contributed by atoms with Crippen LogP contribution >= 0.6 is 0 Å². The number of H-pyrrole nitrogens is 1. The fourth-order valence-electron chi connectivity index (χ4n) is 3.24. The first-order chi connectivity index (χ1) is 12.1. The summed E-state index contributed by atoms with van der Waals surface area (Å²) in [6.07, 6.45) is 3.25. The summed E-state index contributed by atoms with van der Waals surface area (Å²) in [5.74, 6) is 0.445. The lowest BCUT2D eigenvalue weighted by atomic mass is 10.2. The first-order valence-corrected chi connectivity index (χ1v) is 8.06. The van der Waals surface area contributed by atoms with Gasteiger partial charge in [0, 0.05) is 0 Å². The zero-order valence-corrected chi connectivity index (χ0v) is 13.7. The number of aromatic nitrogens is 3. The number of oxazole rings is 1. The van der Waals surface area contributed by atoms with E-state index < -0.39 is 5.97 Å². The zero-order chi connectivity index (χ0) is 17.4. The summed E-state index contributed by atoms with van der Waals surface area (Å²) < 4.78 is 23.4. The topological polar surface area (TPSA) is 84.2 Å². The monoisotopic (exact) mass is 344 g/mol. The van der Waals surface area contributed by atoms with Gasteiger partial charge in [-0.2, -0.15) is 0 Å². The lowest BCUT2D eigenvalue weighted by Gasteiger charge is -2.20. The Hall–Kier alpha value is -2.74. The van der Waals surface area contributed by atoms with Crippen LogP contribution in [0.4, 0.5) is 4.39 Å². The molecule has 25 heavy (non-hydrogen) atoms. The third kappa shape index (κ3) is 3.00. The molecule has 0 amide bonds. The van der Waals surface area contributed by atoms with E-state index in [-0.39, 0.29) is 17.6 Å². The van der Waals surface area contributed by atoms with E-state index in [9.17, 15) is 9.18 Å². The Bertz CT molecular complexity index is 920. The molecule has 0 radical (unpaired) electrons. The minimum absolute atomic E-state index is 0.0731. The number of esters is 1. The van der Waals surface area contributed by atoms with E-state index in [1.54, 1.807) is 6.07 Å². The van der Waals surface area contributed by atoms with E-state index in [0.717, 1.165) is 30.7 Å². The highest BCUT2D eigenvalue weighted by molar-refractivity contribution is 5.86. The van der Waals surface area contributed by atoms with E-state index in [1.807, 2.05) is 0 Å². The summed E-state index contributed by atoms with van der Waals surface area (Å²) in [7, 11) is 1.30. The fourth-order valence-corrected chi connectivity index (χ4v) is 3.24. The fraction of sp³-hybridized carbons (Fsp3) is 0.353. The molecule has 7 nitrogen and oxygen atoms in total. The molecule has 1 aliphatic heterocycles. The molecule has 0 saturated carbocycles. The van der Waals surface area contributed by atoms with E-state index in [0.29, 0.717) is 18.0 Å². The maximum absolute atomic E-state index is 13.4. The SMILES string of the molecule is COC(=O)c1coc(CN2CCC[C@@H]2c2nc3ccc(F)cc3[nH]2)n1. The van der Waals surface area contributed by atoms with E-state index in [2.05, 4.69) is 24.6 Å². The number of ether oxygens (including phenoxy) is 1. The normalized spacial score (nSPS) is 18.1. The lowest BCUT2D eigenvalue weighted by Crippen LogP contribution is -2.23. The van der Waals surface area contributed by atoms with Crippen molar-refractivity contribution in [3.8, 4) is 0 Å². The van der Waals surface area contributed by atoms with E-state index >= 15 is 0 Å². The summed E-state index contributed by atoms with van der Waals surface area (Å²) >= 11 is 0. The summed E-state index contributed by atoms with van der Waals surface area (Å²) in [4.78, 5) is 25.6. The molecule has 3 heterocycles. The highest BCUT2D eigenvalue weighted by atomic mass is 19.1. The van der Waals surface area contributed by atoms with Crippen molar-refractivity contribution >= 4 is 17.0 Å². The highest BCUT2D eigenvalue weighted by Crippen LogP contribution is 2.32. The molecule has 1 aromatic carbocycles. The Morgan fingerprint density at radius 2 is 2.36 bits per heavy atom. The number of nitrogens with one attached hydrogen (secondary N) is 1. The lowest BCUT2D eigenvalue weighted by molar-refractivity contribution is 0.0594. The summed E-state index contributed by atoms with van der Waals surface area (Å²) in [6.45, 7) is 1.33. The second-order valence-corrected chi connectivity index (χ2v) is 6.03. The second kappa shape index (κ2) is 6.29. The van der Waals surface area contributed by atoms with Gasteiger partial charge in [-0.25, -0.2) is 19.2 Å². The van der Waals surface area contributed by atoms with Crippen molar-refractivity contribution in [2.24, 2.45) is 0 Å². The predicted octanol–water partition coefficient (Wildman–Crippen LogP) is 2.81. The molecule has 1 aliphatic rings. The van der Waals surface area contributed by atoms with Crippen molar-refractivity contribution in [3.63, 3.8) is 0 Å². The Kier molecular flexibility index (Phi) is 3.96. The number of hydrogen-bond donors (Lipinski definition) is 1. The van der Waals surface area contributed by atoms with Crippen molar-refractivity contribution in [2.45, 2.75) is 25.4 Å². The highest BCUT2D eigenvalue weighted by Gasteiger charge is 2.30. The van der Waals surface area contributed by atoms with Gasteiger partial charge in [-0.15, -0.1) is 0 Å². The number of aromatic amines is 1. The van der Waals surface area contributed by atoms with Crippen LogP contribution in [0.5, 0.6) is 0 Å². The molecule has 130 valence electrons. The van der Waals surface area contributed by atoms with Gasteiger partial charge in [0.15, 0.2) is 5.69 Å². The third-order valence-corrected chi connectivity index (χ3v) is 4.43. The molecule has 4 rings (SSSR count). The molecule has 1 atom stereocenters. The van der Waals surface area contributed by atoms with Crippen LogP contribution in [0.15, 0.2) is 28.9 Å². The van der Waals surface area contributed by atoms with Crippen molar-refractivity contribution in [1.29, 1.82) is 0 Å². The number of nitrogens with zero attached hydrogens (tertiary/aromatic N) is 3. The minimum Gasteiger partial charge on any atom is -0.464 e. The van der Waals surface area contributed by atoms with Gasteiger partial charge in [-0.05, 0) is 37.6 Å². The maximum Gasteiger partial charge on any atom is 0.360 e. The number of carbonyl (C=O) groups is 1. The molecule has 1 fully saturated rings. The van der Waals surface area contributed by atoms with Gasteiger partial charge in [-0.1, -0.05) is 0 Å². The Morgan fingerprint density at radius 1 is 1.48 bits per heavy atom. The number of benzene rings is 1. The van der Waals surface area contributed by atoms with Crippen LogP contribution in [0.1, 0.15) is 41.1 Å². The summed E-state index contributed by atoms with van der Waals surface area (Å²) in [5.41, 5.74) is 1.59. The average Bonchev–Trinajstić information content (AvgIpc) is 3.32. The van der Waals surface area contributed by atoms with Crippen LogP contribution in [-0.4, -0.2) is 39.5 Å². The maximum atomic E-state index is 13.4. The number of imidazole rings is 1. The van der Waals surface area contributed by atoms with Crippen molar-refractivity contribution < 1.29 is 18.3 Å². The smallest absolute Gasteiger partial charge is 0.360 e. The summed E-state index contributed by atoms with van der Waals surface area (Å²) in [6, 6.07) is 4.59. The van der Waals surface area contributed by atoms with Crippen molar-refractivity contribution in [3.05, 3.63) is 47.7 Å². The molecular formula is C17H17FN4O3. The Labute approximate surface area is 142 Å². The quantitative estimate of drug-likeness (QED) is 0.733. The van der Waals surface area contributed by atoms with Gasteiger partial charge in [0.2, 0.25) is 5.89 Å². The van der Waals surface area contributed by atoms with Gasteiger partial charge < -0.3 is 14.1 Å². The zero-order valence-electron chi connectivity index (χ0n) is 13.7. The number of rotatable bonds is 4. The second-order valence-electron chi connectivity index (χ2n) is 6.03. The van der Waals surface area contributed by atoms with Crippen LogP contribution in [0, 0.1) is 5.82 Å². The standard InChI is InChI=1S/C17H17FN4O3/c1-24-17(23)13-9-25-15(19-13)8-22-6-2-3-14(22)16-20-11-5-4-10(18)7-12(11)21-16/h4-5,7,9,14H,2-3,6,8H2,1H3,(H,20,21)/t14-/m1/s1. The van der Waals surface area contributed by atoms with Gasteiger partial charge in [0.05, 0.1) is 30.7 Å². The molecule has 0 aliphatic carbocycles. The minimum atomic E-state index is -0.521. The molecule has 8 heteroatoms. The molecule has 0 spiro atoms. The molecular weight excluding hydrogens is 327 g/mol. The van der Waals surface area contributed by atoms with Gasteiger partial charge in [0.1, 0.15) is 17.9 Å².